The molecule has 0 fully saturated rings. The zero-order valence-electron chi connectivity index (χ0n) is 16.3. The van der Waals surface area contributed by atoms with Crippen molar-refractivity contribution < 1.29 is 14.3 Å². The number of allylic oxidation sites excluding steroid dienone is 1. The maximum Gasteiger partial charge on any atom is 0.187 e. The van der Waals surface area contributed by atoms with Crippen LogP contribution in [0.5, 0.6) is 11.5 Å². The van der Waals surface area contributed by atoms with Crippen molar-refractivity contribution in [1.29, 1.82) is 0 Å². The molecule has 0 aliphatic carbocycles. The average Bonchev–Trinajstić information content (AvgIpc) is 2.72. The number of ether oxygens (including phenoxy) is 2. The van der Waals surface area contributed by atoms with Gasteiger partial charge < -0.3 is 9.47 Å². The third kappa shape index (κ3) is 4.65. The molecule has 3 rings (SSSR count). The van der Waals surface area contributed by atoms with Crippen molar-refractivity contribution in [2.45, 2.75) is 20.5 Å². The zero-order valence-corrected chi connectivity index (χ0v) is 16.3. The standard InChI is InChI=1S/C24H23NO3/c1-17-6-4-7-18(2)24(17)28-16-21-14-19(10-12-23(21)27-3)9-11-22(26)20-8-5-13-25-15-20/h4-15H,16H2,1-3H3/b11-9+. The summed E-state index contributed by atoms with van der Waals surface area (Å²) in [4.78, 5) is 16.2. The predicted molar refractivity (Wildman–Crippen MR) is 111 cm³/mol. The summed E-state index contributed by atoms with van der Waals surface area (Å²) in [6.07, 6.45) is 6.54. The minimum atomic E-state index is -0.0859. The molecule has 1 heterocycles. The van der Waals surface area contributed by atoms with Gasteiger partial charge in [-0.05, 0) is 60.9 Å². The van der Waals surface area contributed by atoms with Crippen LogP contribution in [0.3, 0.4) is 0 Å². The molecule has 0 N–H and O–H groups in total. The summed E-state index contributed by atoms with van der Waals surface area (Å²) in [6.45, 7) is 4.44. The third-order valence-corrected chi connectivity index (χ3v) is 4.46. The van der Waals surface area contributed by atoms with Gasteiger partial charge >= 0.3 is 0 Å². The topological polar surface area (TPSA) is 48.4 Å². The highest BCUT2D eigenvalue weighted by molar-refractivity contribution is 6.06. The van der Waals surface area contributed by atoms with Crippen LogP contribution in [0.25, 0.3) is 6.08 Å². The lowest BCUT2D eigenvalue weighted by atomic mass is 10.1. The van der Waals surface area contributed by atoms with Crippen LogP contribution >= 0.6 is 0 Å². The second-order valence-electron chi connectivity index (χ2n) is 6.52. The van der Waals surface area contributed by atoms with Gasteiger partial charge in [0.1, 0.15) is 18.1 Å². The fourth-order valence-electron chi connectivity index (χ4n) is 2.97. The highest BCUT2D eigenvalue weighted by atomic mass is 16.5. The predicted octanol–water partition coefficient (Wildman–Crippen LogP) is 5.18. The Morgan fingerprint density at radius 1 is 1.07 bits per heavy atom. The van der Waals surface area contributed by atoms with E-state index in [4.69, 9.17) is 9.47 Å². The van der Waals surface area contributed by atoms with Crippen molar-refractivity contribution >= 4 is 11.9 Å². The molecule has 3 aromatic rings. The number of pyridine rings is 1. The molecular weight excluding hydrogens is 350 g/mol. The summed E-state index contributed by atoms with van der Waals surface area (Å²) in [6, 6.07) is 15.3. The van der Waals surface area contributed by atoms with E-state index in [9.17, 15) is 4.79 Å². The lowest BCUT2D eigenvalue weighted by Crippen LogP contribution is -2.01. The van der Waals surface area contributed by atoms with Crippen LogP contribution in [-0.2, 0) is 6.61 Å². The second-order valence-corrected chi connectivity index (χ2v) is 6.52. The van der Waals surface area contributed by atoms with Gasteiger partial charge in [-0.3, -0.25) is 9.78 Å². The van der Waals surface area contributed by atoms with Gasteiger partial charge in [0.05, 0.1) is 7.11 Å². The minimum Gasteiger partial charge on any atom is -0.496 e. The maximum absolute atomic E-state index is 12.2. The molecule has 0 atom stereocenters. The number of carbonyl (C=O) groups excluding carboxylic acids is 1. The first-order valence-corrected chi connectivity index (χ1v) is 9.07. The summed E-state index contributed by atoms with van der Waals surface area (Å²) in [5, 5.41) is 0. The van der Waals surface area contributed by atoms with Crippen molar-refractivity contribution in [3.05, 3.63) is 94.8 Å². The number of hydrogen-bond donors (Lipinski definition) is 0. The Bertz CT molecular complexity index is 974. The van der Waals surface area contributed by atoms with E-state index in [1.54, 1.807) is 43.8 Å². The van der Waals surface area contributed by atoms with Crippen molar-refractivity contribution in [3.63, 3.8) is 0 Å². The van der Waals surface area contributed by atoms with Gasteiger partial charge in [-0.25, -0.2) is 0 Å². The number of nitrogens with zero attached hydrogens (tertiary/aromatic N) is 1. The van der Waals surface area contributed by atoms with Crippen LogP contribution in [0.2, 0.25) is 0 Å². The lowest BCUT2D eigenvalue weighted by Gasteiger charge is -2.14. The first-order valence-electron chi connectivity index (χ1n) is 9.07. The number of hydrogen-bond acceptors (Lipinski definition) is 4. The van der Waals surface area contributed by atoms with Gasteiger partial charge in [-0.2, -0.15) is 0 Å². The number of carbonyl (C=O) groups is 1. The smallest absolute Gasteiger partial charge is 0.187 e. The number of rotatable bonds is 7. The van der Waals surface area contributed by atoms with Crippen LogP contribution < -0.4 is 9.47 Å². The van der Waals surface area contributed by atoms with Crippen LogP contribution in [0.4, 0.5) is 0 Å². The van der Waals surface area contributed by atoms with Gasteiger partial charge in [0.15, 0.2) is 5.78 Å². The fraction of sp³-hybridized carbons (Fsp3) is 0.167. The van der Waals surface area contributed by atoms with E-state index in [-0.39, 0.29) is 5.78 Å². The van der Waals surface area contributed by atoms with Crippen LogP contribution in [0, 0.1) is 13.8 Å². The van der Waals surface area contributed by atoms with E-state index in [1.807, 2.05) is 50.2 Å². The monoisotopic (exact) mass is 373 g/mol. The molecule has 0 amide bonds. The Morgan fingerprint density at radius 2 is 1.86 bits per heavy atom. The summed E-state index contributed by atoms with van der Waals surface area (Å²) < 4.78 is 11.5. The lowest BCUT2D eigenvalue weighted by molar-refractivity contribution is 0.104. The molecule has 0 aliphatic rings. The first-order chi connectivity index (χ1) is 13.6. The van der Waals surface area contributed by atoms with Gasteiger partial charge in [0.2, 0.25) is 0 Å². The molecule has 0 unspecified atom stereocenters. The van der Waals surface area contributed by atoms with E-state index >= 15 is 0 Å². The second kappa shape index (κ2) is 9.00. The Hall–Kier alpha value is -3.40. The Balaban J connectivity index is 1.78. The quantitative estimate of drug-likeness (QED) is 0.423. The SMILES string of the molecule is COc1ccc(/C=C/C(=O)c2cccnc2)cc1COc1c(C)cccc1C. The van der Waals surface area contributed by atoms with Gasteiger partial charge in [0.25, 0.3) is 0 Å². The molecule has 2 aromatic carbocycles. The molecule has 0 saturated carbocycles. The molecular formula is C24H23NO3. The maximum atomic E-state index is 12.2. The molecule has 4 heteroatoms. The first kappa shape index (κ1) is 19.4. The Kier molecular flexibility index (Phi) is 6.22. The van der Waals surface area contributed by atoms with Crippen LogP contribution in [-0.4, -0.2) is 17.9 Å². The molecule has 1 aromatic heterocycles. The molecule has 28 heavy (non-hydrogen) atoms. The van der Waals surface area contributed by atoms with E-state index < -0.39 is 0 Å². The molecule has 0 bridgehead atoms. The number of methoxy groups -OCH3 is 1. The van der Waals surface area contributed by atoms with Crippen molar-refractivity contribution in [1.82, 2.24) is 4.98 Å². The number of ketones is 1. The van der Waals surface area contributed by atoms with E-state index in [0.717, 1.165) is 33.8 Å². The minimum absolute atomic E-state index is 0.0859. The van der Waals surface area contributed by atoms with Gasteiger partial charge in [-0.1, -0.05) is 30.3 Å². The highest BCUT2D eigenvalue weighted by Crippen LogP contribution is 2.26. The van der Waals surface area contributed by atoms with E-state index in [2.05, 4.69) is 4.98 Å². The molecule has 0 spiro atoms. The Morgan fingerprint density at radius 3 is 2.54 bits per heavy atom. The molecule has 0 radical (unpaired) electrons. The van der Waals surface area contributed by atoms with Gasteiger partial charge in [0, 0.05) is 23.5 Å². The highest BCUT2D eigenvalue weighted by Gasteiger charge is 2.08. The normalized spacial score (nSPS) is 10.8. The van der Waals surface area contributed by atoms with Crippen LogP contribution in [0.15, 0.2) is 67.0 Å². The summed E-state index contributed by atoms with van der Waals surface area (Å²) in [5.41, 5.74) is 4.57. The van der Waals surface area contributed by atoms with E-state index in [0.29, 0.717) is 12.2 Å². The van der Waals surface area contributed by atoms with E-state index in [1.165, 1.54) is 0 Å². The fourth-order valence-corrected chi connectivity index (χ4v) is 2.97. The summed E-state index contributed by atoms with van der Waals surface area (Å²) in [7, 11) is 1.64. The zero-order chi connectivity index (χ0) is 19.9. The molecule has 4 nitrogen and oxygen atoms in total. The van der Waals surface area contributed by atoms with Crippen molar-refractivity contribution in [2.24, 2.45) is 0 Å². The van der Waals surface area contributed by atoms with Gasteiger partial charge in [-0.15, -0.1) is 0 Å². The average molecular weight is 373 g/mol. The largest absolute Gasteiger partial charge is 0.496 e. The Labute approximate surface area is 165 Å². The number of aryl methyl sites for hydroxylation is 2. The van der Waals surface area contributed by atoms with Crippen molar-refractivity contribution in [2.75, 3.05) is 7.11 Å². The van der Waals surface area contributed by atoms with Crippen LogP contribution in [0.1, 0.15) is 32.6 Å². The third-order valence-electron chi connectivity index (χ3n) is 4.46. The molecule has 0 saturated heterocycles. The molecule has 0 aliphatic heterocycles. The number of benzene rings is 2. The van der Waals surface area contributed by atoms with Crippen molar-refractivity contribution in [3.8, 4) is 11.5 Å². The number of para-hydroxylation sites is 1. The number of aromatic nitrogens is 1. The summed E-state index contributed by atoms with van der Waals surface area (Å²) in [5.74, 6) is 1.55. The summed E-state index contributed by atoms with van der Waals surface area (Å²) >= 11 is 0. The molecule has 142 valence electrons.